The highest BCUT2D eigenvalue weighted by Crippen LogP contribution is 2.45. The predicted octanol–water partition coefficient (Wildman–Crippen LogP) is 1.84. The van der Waals surface area contributed by atoms with Gasteiger partial charge in [-0.2, -0.15) is 5.26 Å². The summed E-state index contributed by atoms with van der Waals surface area (Å²) in [6, 6.07) is 7.59. The van der Waals surface area contributed by atoms with E-state index in [0.29, 0.717) is 31.4 Å². The summed E-state index contributed by atoms with van der Waals surface area (Å²) in [5.41, 5.74) is 1.81. The van der Waals surface area contributed by atoms with Crippen molar-refractivity contribution in [2.45, 2.75) is 25.7 Å². The van der Waals surface area contributed by atoms with Crippen LogP contribution in [0.5, 0.6) is 0 Å². The zero-order valence-electron chi connectivity index (χ0n) is 11.3. The molecule has 0 unspecified atom stereocenters. The normalized spacial score (nSPS) is 19.0. The van der Waals surface area contributed by atoms with Gasteiger partial charge in [-0.1, -0.05) is 0 Å². The van der Waals surface area contributed by atoms with Crippen molar-refractivity contribution in [3.8, 4) is 6.07 Å². The summed E-state index contributed by atoms with van der Waals surface area (Å²) in [6.07, 6.45) is 2.45. The third kappa shape index (κ3) is 1.94. The number of hydrogen-bond donors (Lipinski definition) is 1. The van der Waals surface area contributed by atoms with Crippen LogP contribution in [0.4, 0.5) is 11.4 Å². The molecule has 2 amide bonds. The Labute approximate surface area is 117 Å². The fourth-order valence-electron chi connectivity index (χ4n) is 2.50. The smallest absolute Gasteiger partial charge is 0.244 e. The first-order valence-corrected chi connectivity index (χ1v) is 6.68. The van der Waals surface area contributed by atoms with E-state index >= 15 is 0 Å². The lowest BCUT2D eigenvalue weighted by Gasteiger charge is -2.26. The van der Waals surface area contributed by atoms with Gasteiger partial charge >= 0.3 is 0 Å². The lowest BCUT2D eigenvalue weighted by molar-refractivity contribution is -0.119. The number of aryl methyl sites for hydroxylation is 1. The van der Waals surface area contributed by atoms with Crippen molar-refractivity contribution in [1.29, 1.82) is 5.26 Å². The Morgan fingerprint density at radius 3 is 2.80 bits per heavy atom. The molecule has 3 rings (SSSR count). The SMILES string of the molecule is CN1C(=O)CCc2cc(NC(=O)C3(C#N)CC3)ccc21. The van der Waals surface area contributed by atoms with Crippen LogP contribution >= 0.6 is 0 Å². The Kier molecular flexibility index (Phi) is 2.75. The number of rotatable bonds is 2. The second-order valence-electron chi connectivity index (χ2n) is 5.44. The quantitative estimate of drug-likeness (QED) is 0.890. The molecule has 1 heterocycles. The Hall–Kier alpha value is -2.35. The molecule has 5 nitrogen and oxygen atoms in total. The Bertz CT molecular complexity index is 641. The van der Waals surface area contributed by atoms with Gasteiger partial charge in [-0.25, -0.2) is 0 Å². The first-order valence-electron chi connectivity index (χ1n) is 6.68. The van der Waals surface area contributed by atoms with E-state index in [1.165, 1.54) is 0 Å². The van der Waals surface area contributed by atoms with E-state index in [0.717, 1.165) is 11.3 Å². The molecule has 1 aromatic rings. The maximum atomic E-state index is 12.0. The highest BCUT2D eigenvalue weighted by Gasteiger charge is 2.50. The van der Waals surface area contributed by atoms with E-state index in [1.807, 2.05) is 12.1 Å². The molecular weight excluding hydrogens is 254 g/mol. The molecule has 0 radical (unpaired) electrons. The molecule has 2 aliphatic rings. The molecule has 20 heavy (non-hydrogen) atoms. The molecule has 1 fully saturated rings. The number of nitriles is 1. The summed E-state index contributed by atoms with van der Waals surface area (Å²) in [4.78, 5) is 25.3. The monoisotopic (exact) mass is 269 g/mol. The van der Waals surface area contributed by atoms with Crippen LogP contribution in [0.2, 0.25) is 0 Å². The summed E-state index contributed by atoms with van der Waals surface area (Å²) in [6.45, 7) is 0. The third-order valence-electron chi connectivity index (χ3n) is 4.08. The van der Waals surface area contributed by atoms with Crippen molar-refractivity contribution in [2.75, 3.05) is 17.3 Å². The van der Waals surface area contributed by atoms with Crippen molar-refractivity contribution in [2.24, 2.45) is 5.41 Å². The van der Waals surface area contributed by atoms with Crippen LogP contribution in [0.15, 0.2) is 18.2 Å². The van der Waals surface area contributed by atoms with Crippen molar-refractivity contribution < 1.29 is 9.59 Å². The van der Waals surface area contributed by atoms with Crippen LogP contribution in [0.1, 0.15) is 24.8 Å². The average Bonchev–Trinajstić information content (AvgIpc) is 3.24. The van der Waals surface area contributed by atoms with Crippen molar-refractivity contribution in [1.82, 2.24) is 0 Å². The molecule has 0 saturated heterocycles. The van der Waals surface area contributed by atoms with E-state index in [9.17, 15) is 9.59 Å². The summed E-state index contributed by atoms with van der Waals surface area (Å²) in [5, 5.41) is 11.8. The number of nitrogens with zero attached hydrogens (tertiary/aromatic N) is 2. The van der Waals surface area contributed by atoms with E-state index in [4.69, 9.17) is 5.26 Å². The second-order valence-corrected chi connectivity index (χ2v) is 5.44. The van der Waals surface area contributed by atoms with Gasteiger partial charge in [0.25, 0.3) is 0 Å². The molecule has 0 atom stereocenters. The first-order chi connectivity index (χ1) is 9.55. The van der Waals surface area contributed by atoms with E-state index in [2.05, 4.69) is 11.4 Å². The van der Waals surface area contributed by atoms with E-state index in [1.54, 1.807) is 18.0 Å². The van der Waals surface area contributed by atoms with Crippen LogP contribution in [-0.4, -0.2) is 18.9 Å². The molecule has 1 aliphatic heterocycles. The molecule has 0 bridgehead atoms. The number of amides is 2. The largest absolute Gasteiger partial charge is 0.325 e. The predicted molar refractivity (Wildman–Crippen MR) is 74.1 cm³/mol. The number of nitrogens with one attached hydrogen (secondary N) is 1. The van der Waals surface area contributed by atoms with Crippen LogP contribution in [0, 0.1) is 16.7 Å². The van der Waals surface area contributed by atoms with E-state index in [-0.39, 0.29) is 11.8 Å². The highest BCUT2D eigenvalue weighted by atomic mass is 16.2. The molecule has 102 valence electrons. The molecule has 0 spiro atoms. The topological polar surface area (TPSA) is 73.2 Å². The van der Waals surface area contributed by atoms with Gasteiger partial charge in [-0.05, 0) is 43.0 Å². The van der Waals surface area contributed by atoms with Gasteiger partial charge < -0.3 is 10.2 Å². The van der Waals surface area contributed by atoms with Gasteiger partial charge in [-0.3, -0.25) is 9.59 Å². The van der Waals surface area contributed by atoms with Crippen molar-refractivity contribution >= 4 is 23.2 Å². The Morgan fingerprint density at radius 1 is 1.40 bits per heavy atom. The van der Waals surface area contributed by atoms with E-state index < -0.39 is 5.41 Å². The number of benzene rings is 1. The van der Waals surface area contributed by atoms with Gasteiger partial charge in [-0.15, -0.1) is 0 Å². The van der Waals surface area contributed by atoms with Gasteiger partial charge in [0.05, 0.1) is 6.07 Å². The number of anilines is 2. The fourth-order valence-corrected chi connectivity index (χ4v) is 2.50. The highest BCUT2D eigenvalue weighted by molar-refractivity contribution is 6.00. The maximum Gasteiger partial charge on any atom is 0.244 e. The van der Waals surface area contributed by atoms with Gasteiger partial charge in [0.2, 0.25) is 11.8 Å². The average molecular weight is 269 g/mol. The first kappa shape index (κ1) is 12.7. The molecule has 1 N–H and O–H groups in total. The number of hydrogen-bond acceptors (Lipinski definition) is 3. The van der Waals surface area contributed by atoms with Crippen LogP contribution < -0.4 is 10.2 Å². The number of carbonyl (C=O) groups is 2. The zero-order chi connectivity index (χ0) is 14.3. The van der Waals surface area contributed by atoms with Crippen LogP contribution in [0.25, 0.3) is 0 Å². The minimum Gasteiger partial charge on any atom is -0.325 e. The fraction of sp³-hybridized carbons (Fsp3) is 0.400. The number of fused-ring (bicyclic) bond motifs is 1. The minimum absolute atomic E-state index is 0.107. The van der Waals surface area contributed by atoms with Gasteiger partial charge in [0.1, 0.15) is 5.41 Å². The number of carbonyl (C=O) groups excluding carboxylic acids is 2. The third-order valence-corrected chi connectivity index (χ3v) is 4.08. The zero-order valence-corrected chi connectivity index (χ0v) is 11.3. The van der Waals surface area contributed by atoms with Gasteiger partial charge in [0.15, 0.2) is 0 Å². The standard InChI is InChI=1S/C15H15N3O2/c1-18-12-4-3-11(8-10(12)2-5-13(18)19)17-14(20)15(9-16)6-7-15/h3-4,8H,2,5-7H2,1H3,(H,17,20). The van der Waals surface area contributed by atoms with Crippen LogP contribution in [-0.2, 0) is 16.0 Å². The summed E-state index contributed by atoms with van der Waals surface area (Å²) in [7, 11) is 1.76. The summed E-state index contributed by atoms with van der Waals surface area (Å²) < 4.78 is 0. The molecular formula is C15H15N3O2. The molecule has 1 aromatic carbocycles. The van der Waals surface area contributed by atoms with Crippen LogP contribution in [0.3, 0.4) is 0 Å². The molecule has 1 saturated carbocycles. The lowest BCUT2D eigenvalue weighted by Crippen LogP contribution is -2.31. The summed E-state index contributed by atoms with van der Waals surface area (Å²) in [5.74, 6) is -0.115. The summed E-state index contributed by atoms with van der Waals surface area (Å²) >= 11 is 0. The Balaban J connectivity index is 1.82. The Morgan fingerprint density at radius 2 is 2.15 bits per heavy atom. The minimum atomic E-state index is -0.817. The molecule has 1 aliphatic carbocycles. The maximum absolute atomic E-state index is 12.0. The van der Waals surface area contributed by atoms with Crippen molar-refractivity contribution in [3.05, 3.63) is 23.8 Å². The second kappa shape index (κ2) is 4.34. The molecule has 5 heteroatoms. The lowest BCUT2D eigenvalue weighted by atomic mass is 10.0. The molecule has 0 aromatic heterocycles. The van der Waals surface area contributed by atoms with Gasteiger partial charge in [0, 0.05) is 24.8 Å². The van der Waals surface area contributed by atoms with Crippen molar-refractivity contribution in [3.63, 3.8) is 0 Å².